The summed E-state index contributed by atoms with van der Waals surface area (Å²) in [5.41, 5.74) is 6.06. The third-order valence-corrected chi connectivity index (χ3v) is 4.68. The molecule has 2 saturated heterocycles. The zero-order valence-electron chi connectivity index (χ0n) is 12.0. The van der Waals surface area contributed by atoms with Crippen LogP contribution in [0, 0.1) is 5.92 Å². The number of likely N-dealkylation sites (N-methyl/N-ethyl adjacent to an activating group) is 1. The van der Waals surface area contributed by atoms with E-state index in [1.54, 1.807) is 0 Å². The summed E-state index contributed by atoms with van der Waals surface area (Å²) < 4.78 is 5.47. The van der Waals surface area contributed by atoms with Gasteiger partial charge in [-0.3, -0.25) is 4.90 Å². The molecule has 2 atom stereocenters. The minimum absolute atomic E-state index is 0.566. The first-order valence-corrected chi connectivity index (χ1v) is 7.40. The van der Waals surface area contributed by atoms with E-state index in [4.69, 9.17) is 10.5 Å². The Balaban J connectivity index is 1.93. The molecular formula is C14H29N3O. The molecule has 106 valence electrons. The third kappa shape index (κ3) is 3.44. The van der Waals surface area contributed by atoms with Gasteiger partial charge in [0, 0.05) is 38.4 Å². The molecule has 2 rings (SSSR count). The summed E-state index contributed by atoms with van der Waals surface area (Å²) in [4.78, 5) is 5.01. The molecular weight excluding hydrogens is 226 g/mol. The molecule has 0 aromatic heterocycles. The van der Waals surface area contributed by atoms with Gasteiger partial charge < -0.3 is 15.4 Å². The zero-order chi connectivity index (χ0) is 13.0. The van der Waals surface area contributed by atoms with Crippen LogP contribution in [0.2, 0.25) is 0 Å². The van der Waals surface area contributed by atoms with E-state index < -0.39 is 0 Å². The van der Waals surface area contributed by atoms with Crippen molar-refractivity contribution in [3.8, 4) is 0 Å². The fourth-order valence-corrected chi connectivity index (χ4v) is 3.45. The lowest BCUT2D eigenvalue weighted by Gasteiger charge is -2.43. The Labute approximate surface area is 111 Å². The number of hydrogen-bond acceptors (Lipinski definition) is 4. The van der Waals surface area contributed by atoms with Crippen molar-refractivity contribution in [2.45, 2.75) is 37.8 Å². The molecule has 2 unspecified atom stereocenters. The van der Waals surface area contributed by atoms with Gasteiger partial charge in [0.1, 0.15) is 0 Å². The first kappa shape index (κ1) is 14.3. The van der Waals surface area contributed by atoms with Crippen molar-refractivity contribution in [1.29, 1.82) is 0 Å². The standard InChI is InChI=1S/C14H29N3O/c1-16(2)13-4-3-7-17(11-13)14(10-15)12-5-8-18-9-6-12/h12-14H,3-11,15H2,1-2H3. The van der Waals surface area contributed by atoms with Crippen molar-refractivity contribution < 1.29 is 4.74 Å². The molecule has 0 aliphatic carbocycles. The second-order valence-corrected chi connectivity index (χ2v) is 6.01. The van der Waals surface area contributed by atoms with Gasteiger partial charge in [-0.2, -0.15) is 0 Å². The van der Waals surface area contributed by atoms with Gasteiger partial charge in [0.2, 0.25) is 0 Å². The average Bonchev–Trinajstić information content (AvgIpc) is 2.41. The van der Waals surface area contributed by atoms with Gasteiger partial charge in [0.15, 0.2) is 0 Å². The Hall–Kier alpha value is -0.160. The molecule has 2 aliphatic rings. The lowest BCUT2D eigenvalue weighted by atomic mass is 9.89. The Morgan fingerprint density at radius 1 is 1.28 bits per heavy atom. The van der Waals surface area contributed by atoms with Crippen molar-refractivity contribution in [1.82, 2.24) is 9.80 Å². The highest BCUT2D eigenvalue weighted by Crippen LogP contribution is 2.25. The van der Waals surface area contributed by atoms with Crippen LogP contribution in [-0.2, 0) is 4.74 Å². The predicted octanol–water partition coefficient (Wildman–Crippen LogP) is 0.766. The second-order valence-electron chi connectivity index (χ2n) is 6.01. The van der Waals surface area contributed by atoms with Gasteiger partial charge in [-0.05, 0) is 52.2 Å². The van der Waals surface area contributed by atoms with Gasteiger partial charge in [0.25, 0.3) is 0 Å². The van der Waals surface area contributed by atoms with Crippen LogP contribution in [0.25, 0.3) is 0 Å². The summed E-state index contributed by atoms with van der Waals surface area (Å²) in [5, 5.41) is 0. The third-order valence-electron chi connectivity index (χ3n) is 4.68. The van der Waals surface area contributed by atoms with Crippen LogP contribution in [0.15, 0.2) is 0 Å². The van der Waals surface area contributed by atoms with E-state index in [2.05, 4.69) is 23.9 Å². The highest BCUT2D eigenvalue weighted by Gasteiger charge is 2.31. The fraction of sp³-hybridized carbons (Fsp3) is 1.00. The maximum Gasteiger partial charge on any atom is 0.0469 e. The summed E-state index contributed by atoms with van der Waals surface area (Å²) in [5.74, 6) is 0.740. The maximum absolute atomic E-state index is 6.06. The molecule has 2 heterocycles. The smallest absolute Gasteiger partial charge is 0.0469 e. The molecule has 0 aromatic rings. The average molecular weight is 255 g/mol. The number of hydrogen-bond donors (Lipinski definition) is 1. The van der Waals surface area contributed by atoms with Crippen molar-refractivity contribution in [3.05, 3.63) is 0 Å². The molecule has 0 aromatic carbocycles. The molecule has 0 radical (unpaired) electrons. The quantitative estimate of drug-likeness (QED) is 0.805. The monoisotopic (exact) mass is 255 g/mol. The highest BCUT2D eigenvalue weighted by atomic mass is 16.5. The summed E-state index contributed by atoms with van der Waals surface area (Å²) in [6.45, 7) is 5.05. The first-order valence-electron chi connectivity index (χ1n) is 7.40. The minimum atomic E-state index is 0.566. The van der Waals surface area contributed by atoms with Crippen LogP contribution in [0.3, 0.4) is 0 Å². The van der Waals surface area contributed by atoms with E-state index in [1.807, 2.05) is 0 Å². The maximum atomic E-state index is 6.06. The number of rotatable bonds is 4. The van der Waals surface area contributed by atoms with Crippen LogP contribution >= 0.6 is 0 Å². The molecule has 2 N–H and O–H groups in total. The molecule has 4 heteroatoms. The van der Waals surface area contributed by atoms with E-state index >= 15 is 0 Å². The molecule has 0 saturated carbocycles. The molecule has 0 bridgehead atoms. The van der Waals surface area contributed by atoms with Crippen LogP contribution in [0.4, 0.5) is 0 Å². The van der Waals surface area contributed by atoms with Gasteiger partial charge >= 0.3 is 0 Å². The SMILES string of the molecule is CN(C)C1CCCN(C(CN)C2CCOCC2)C1. The topological polar surface area (TPSA) is 41.7 Å². The molecule has 2 aliphatic heterocycles. The molecule has 0 amide bonds. The van der Waals surface area contributed by atoms with Crippen molar-refractivity contribution in [3.63, 3.8) is 0 Å². The number of piperidine rings is 1. The number of nitrogens with two attached hydrogens (primary N) is 1. The van der Waals surface area contributed by atoms with Gasteiger partial charge in [-0.1, -0.05) is 0 Å². The van der Waals surface area contributed by atoms with E-state index in [0.29, 0.717) is 12.1 Å². The zero-order valence-corrected chi connectivity index (χ0v) is 12.0. The fourth-order valence-electron chi connectivity index (χ4n) is 3.45. The van der Waals surface area contributed by atoms with Crippen LogP contribution < -0.4 is 5.73 Å². The summed E-state index contributed by atoms with van der Waals surface area (Å²) in [6.07, 6.45) is 5.01. The van der Waals surface area contributed by atoms with Crippen LogP contribution in [0.5, 0.6) is 0 Å². The first-order chi connectivity index (χ1) is 8.72. The Morgan fingerprint density at radius 2 is 2.00 bits per heavy atom. The van der Waals surface area contributed by atoms with Crippen LogP contribution in [-0.4, -0.2) is 68.8 Å². The Morgan fingerprint density at radius 3 is 2.61 bits per heavy atom. The van der Waals surface area contributed by atoms with E-state index in [9.17, 15) is 0 Å². The largest absolute Gasteiger partial charge is 0.381 e. The Bertz CT molecular complexity index is 241. The lowest BCUT2D eigenvalue weighted by Crippen LogP contribution is -2.54. The molecule has 2 fully saturated rings. The van der Waals surface area contributed by atoms with Crippen molar-refractivity contribution in [2.75, 3.05) is 46.9 Å². The van der Waals surface area contributed by atoms with Crippen molar-refractivity contribution in [2.24, 2.45) is 11.7 Å². The molecule has 0 spiro atoms. The number of nitrogens with zero attached hydrogens (tertiary/aromatic N) is 2. The summed E-state index contributed by atoms with van der Waals surface area (Å²) in [7, 11) is 4.39. The van der Waals surface area contributed by atoms with E-state index in [0.717, 1.165) is 25.7 Å². The number of ether oxygens (including phenoxy) is 1. The lowest BCUT2D eigenvalue weighted by molar-refractivity contribution is 0.0115. The minimum Gasteiger partial charge on any atom is -0.381 e. The van der Waals surface area contributed by atoms with E-state index in [1.165, 1.54) is 38.8 Å². The summed E-state index contributed by atoms with van der Waals surface area (Å²) >= 11 is 0. The van der Waals surface area contributed by atoms with Crippen molar-refractivity contribution >= 4 is 0 Å². The highest BCUT2D eigenvalue weighted by molar-refractivity contribution is 4.87. The second kappa shape index (κ2) is 6.85. The van der Waals surface area contributed by atoms with E-state index in [-0.39, 0.29) is 0 Å². The molecule has 4 nitrogen and oxygen atoms in total. The predicted molar refractivity (Wildman–Crippen MR) is 74.7 cm³/mol. The van der Waals surface area contributed by atoms with Gasteiger partial charge in [0.05, 0.1) is 0 Å². The van der Waals surface area contributed by atoms with Gasteiger partial charge in [-0.15, -0.1) is 0 Å². The van der Waals surface area contributed by atoms with Crippen LogP contribution in [0.1, 0.15) is 25.7 Å². The number of likely N-dealkylation sites (tertiary alicyclic amines) is 1. The summed E-state index contributed by atoms with van der Waals surface area (Å²) in [6, 6.07) is 1.27. The van der Waals surface area contributed by atoms with Gasteiger partial charge in [-0.25, -0.2) is 0 Å². The Kier molecular flexibility index (Phi) is 5.42. The molecule has 18 heavy (non-hydrogen) atoms. The normalized spacial score (nSPS) is 29.7.